The van der Waals surface area contributed by atoms with Gasteiger partial charge in [0.15, 0.2) is 14.9 Å². The minimum absolute atomic E-state index is 0.00196. The average Bonchev–Trinajstić information content (AvgIpc) is 3.25. The maximum absolute atomic E-state index is 11.3. The summed E-state index contributed by atoms with van der Waals surface area (Å²) in [5.41, 5.74) is -0.740. The van der Waals surface area contributed by atoms with Crippen LogP contribution in [0.25, 0.3) is 0 Å². The van der Waals surface area contributed by atoms with E-state index in [0.717, 1.165) is 18.6 Å². The third-order valence-electron chi connectivity index (χ3n) is 7.96. The zero-order valence-corrected chi connectivity index (χ0v) is 21.3. The molecule has 0 radical (unpaired) electrons. The summed E-state index contributed by atoms with van der Waals surface area (Å²) in [5.74, 6) is -0.0253. The first-order valence-electron chi connectivity index (χ1n) is 11.8. The number of aliphatic hydroxyl groups is 1. The van der Waals surface area contributed by atoms with Crippen molar-refractivity contribution in [2.24, 2.45) is 0 Å². The van der Waals surface area contributed by atoms with Crippen molar-refractivity contribution in [2.75, 3.05) is 20.3 Å². The Balaban J connectivity index is 1.41. The van der Waals surface area contributed by atoms with E-state index >= 15 is 0 Å². The lowest BCUT2D eigenvalue weighted by Gasteiger charge is -2.66. The van der Waals surface area contributed by atoms with Gasteiger partial charge in [0.25, 0.3) is 0 Å². The Labute approximate surface area is 196 Å². The van der Waals surface area contributed by atoms with Gasteiger partial charge in [-0.3, -0.25) is 0 Å². The quantitative estimate of drug-likeness (QED) is 0.622. The molecular weight excluding hydrogens is 444 g/mol. The molecule has 1 saturated carbocycles. The molecule has 8 nitrogen and oxygen atoms in total. The standard InChI is InChI=1S/C24H36O8Si/c1-22(2,3)33(5,6)32-19-18-17(25)20-23(12-7-13-28-23)21(19)31-24(29-18,30-20)14-27-16-10-8-15(26-4)9-11-16/h8-11,17-21,25H,7,12-14H2,1-6H3/t17-,18-,19-,20+,21-,23-,24?/m0/s1. The topological polar surface area (TPSA) is 84.8 Å². The molecule has 9 heteroatoms. The van der Waals surface area contributed by atoms with Gasteiger partial charge < -0.3 is 38.0 Å². The number of rotatable bonds is 6. The van der Waals surface area contributed by atoms with Gasteiger partial charge in [0.1, 0.15) is 47.6 Å². The van der Waals surface area contributed by atoms with Crippen LogP contribution in [0.4, 0.5) is 0 Å². The summed E-state index contributed by atoms with van der Waals surface area (Å²) >= 11 is 0. The molecule has 4 heterocycles. The van der Waals surface area contributed by atoms with Crippen molar-refractivity contribution in [1.29, 1.82) is 0 Å². The first-order valence-corrected chi connectivity index (χ1v) is 14.7. The zero-order chi connectivity index (χ0) is 23.6. The predicted octanol–water partition coefficient (Wildman–Crippen LogP) is 3.22. The second-order valence-corrected chi connectivity index (χ2v) is 15.8. The van der Waals surface area contributed by atoms with Crippen LogP contribution in [0.5, 0.6) is 11.5 Å². The molecule has 6 rings (SSSR count). The lowest BCUT2D eigenvalue weighted by Crippen LogP contribution is -2.84. The molecule has 1 aromatic rings. The van der Waals surface area contributed by atoms with Crippen LogP contribution in [-0.4, -0.2) is 75.8 Å². The molecule has 1 aromatic carbocycles. The molecule has 1 aliphatic carbocycles. The Morgan fingerprint density at radius 2 is 1.73 bits per heavy atom. The van der Waals surface area contributed by atoms with Crippen molar-refractivity contribution in [3.05, 3.63) is 24.3 Å². The third kappa shape index (κ3) is 3.73. The van der Waals surface area contributed by atoms with Crippen LogP contribution in [0.1, 0.15) is 33.6 Å². The summed E-state index contributed by atoms with van der Waals surface area (Å²) in [6, 6.07) is 7.29. The van der Waals surface area contributed by atoms with Crippen LogP contribution in [-0.2, 0) is 23.4 Å². The van der Waals surface area contributed by atoms with E-state index in [0.29, 0.717) is 12.4 Å². The molecule has 184 valence electrons. The fourth-order valence-corrected chi connectivity index (χ4v) is 6.43. The summed E-state index contributed by atoms with van der Waals surface area (Å²) in [5, 5.41) is 11.3. The SMILES string of the molecule is COc1ccc(OCC23O[C@H]4[C@H](O)[C@@H](O2)[C@@]2(CCCO2)[C@@H](O3)[C@H]4O[Si](C)(C)C(C)(C)C)cc1. The largest absolute Gasteiger partial charge is 0.497 e. The fourth-order valence-electron chi connectivity index (χ4n) is 5.14. The maximum atomic E-state index is 11.3. The van der Waals surface area contributed by atoms with E-state index in [4.69, 9.17) is 32.8 Å². The highest BCUT2D eigenvalue weighted by molar-refractivity contribution is 6.74. The van der Waals surface area contributed by atoms with Gasteiger partial charge in [0.2, 0.25) is 0 Å². The summed E-state index contributed by atoms with van der Waals surface area (Å²) in [6.07, 6.45) is -1.21. The monoisotopic (exact) mass is 480 g/mol. The van der Waals surface area contributed by atoms with Gasteiger partial charge in [-0.05, 0) is 55.2 Å². The molecule has 4 saturated heterocycles. The van der Waals surface area contributed by atoms with Crippen LogP contribution in [0.15, 0.2) is 24.3 Å². The van der Waals surface area contributed by atoms with E-state index in [2.05, 4.69) is 33.9 Å². The normalized spacial score (nSPS) is 39.9. The summed E-state index contributed by atoms with van der Waals surface area (Å²) in [7, 11) is -0.557. The summed E-state index contributed by atoms with van der Waals surface area (Å²) in [6.45, 7) is 11.6. The van der Waals surface area contributed by atoms with Gasteiger partial charge >= 0.3 is 5.97 Å². The lowest BCUT2D eigenvalue weighted by atomic mass is 9.71. The van der Waals surface area contributed by atoms with Crippen LogP contribution in [0, 0.1) is 0 Å². The lowest BCUT2D eigenvalue weighted by molar-refractivity contribution is -0.553. The minimum atomic E-state index is -2.18. The fraction of sp³-hybridized carbons (Fsp3) is 0.750. The first kappa shape index (κ1) is 23.5. The Kier molecular flexibility index (Phi) is 5.64. The molecule has 5 fully saturated rings. The van der Waals surface area contributed by atoms with E-state index in [1.807, 2.05) is 24.3 Å². The van der Waals surface area contributed by atoms with E-state index in [-0.39, 0.29) is 11.6 Å². The second-order valence-electron chi connectivity index (χ2n) is 11.0. The number of aliphatic hydroxyl groups excluding tert-OH is 1. The molecule has 1 N–H and O–H groups in total. The zero-order valence-electron chi connectivity index (χ0n) is 20.3. The van der Waals surface area contributed by atoms with Gasteiger partial charge in [-0.25, -0.2) is 0 Å². The van der Waals surface area contributed by atoms with Gasteiger partial charge in [-0.1, -0.05) is 20.8 Å². The second kappa shape index (κ2) is 7.91. The van der Waals surface area contributed by atoms with Crippen molar-refractivity contribution in [2.45, 2.75) is 93.8 Å². The molecule has 4 bridgehead atoms. The van der Waals surface area contributed by atoms with Crippen molar-refractivity contribution >= 4 is 8.32 Å². The molecule has 0 amide bonds. The van der Waals surface area contributed by atoms with E-state index in [9.17, 15) is 5.11 Å². The van der Waals surface area contributed by atoms with Crippen LogP contribution in [0.3, 0.4) is 0 Å². The Morgan fingerprint density at radius 3 is 2.33 bits per heavy atom. The molecule has 0 aromatic heterocycles. The Morgan fingerprint density at radius 1 is 1.06 bits per heavy atom. The van der Waals surface area contributed by atoms with E-state index < -0.39 is 50.4 Å². The van der Waals surface area contributed by atoms with Crippen molar-refractivity contribution < 1.29 is 38.0 Å². The van der Waals surface area contributed by atoms with Gasteiger partial charge in [0.05, 0.1) is 7.11 Å². The van der Waals surface area contributed by atoms with E-state index in [1.165, 1.54) is 0 Å². The maximum Gasteiger partial charge on any atom is 0.320 e. The highest BCUT2D eigenvalue weighted by Crippen LogP contribution is 2.56. The Bertz CT molecular complexity index is 862. The van der Waals surface area contributed by atoms with Gasteiger partial charge in [0, 0.05) is 6.61 Å². The van der Waals surface area contributed by atoms with Crippen LogP contribution < -0.4 is 9.47 Å². The number of hydrogen-bond acceptors (Lipinski definition) is 8. The minimum Gasteiger partial charge on any atom is -0.497 e. The molecule has 1 unspecified atom stereocenters. The van der Waals surface area contributed by atoms with Crippen molar-refractivity contribution in [3.8, 4) is 11.5 Å². The first-order chi connectivity index (χ1) is 15.5. The summed E-state index contributed by atoms with van der Waals surface area (Å²) < 4.78 is 43.3. The van der Waals surface area contributed by atoms with Crippen molar-refractivity contribution in [3.63, 3.8) is 0 Å². The molecule has 33 heavy (non-hydrogen) atoms. The highest BCUT2D eigenvalue weighted by Gasteiger charge is 2.75. The number of ether oxygens (including phenoxy) is 6. The smallest absolute Gasteiger partial charge is 0.320 e. The highest BCUT2D eigenvalue weighted by atomic mass is 28.4. The average molecular weight is 481 g/mol. The molecule has 1 spiro atoms. The van der Waals surface area contributed by atoms with Gasteiger partial charge in [-0.2, -0.15) is 0 Å². The molecule has 5 aliphatic rings. The number of methoxy groups -OCH3 is 1. The molecular formula is C24H36O8Si. The van der Waals surface area contributed by atoms with Crippen molar-refractivity contribution in [1.82, 2.24) is 0 Å². The van der Waals surface area contributed by atoms with E-state index in [1.54, 1.807) is 7.11 Å². The summed E-state index contributed by atoms with van der Waals surface area (Å²) in [4.78, 5) is 0. The molecule has 4 aliphatic heterocycles. The predicted molar refractivity (Wildman–Crippen MR) is 122 cm³/mol. The molecule has 7 atom stereocenters. The Hall–Kier alpha value is -1.20. The number of benzene rings is 1. The number of hydrogen-bond donors (Lipinski definition) is 1. The van der Waals surface area contributed by atoms with Crippen LogP contribution >= 0.6 is 0 Å². The third-order valence-corrected chi connectivity index (χ3v) is 12.4. The van der Waals surface area contributed by atoms with Gasteiger partial charge in [-0.15, -0.1) is 0 Å². The van der Waals surface area contributed by atoms with Crippen LogP contribution in [0.2, 0.25) is 18.1 Å².